The molecule has 0 aliphatic heterocycles. The highest BCUT2D eigenvalue weighted by atomic mass is 16.5. The van der Waals surface area contributed by atoms with Crippen LogP contribution in [0.25, 0.3) is 0 Å². The van der Waals surface area contributed by atoms with Crippen LogP contribution in [0.1, 0.15) is 25.8 Å². The molecule has 2 amide bonds. The Labute approximate surface area is 131 Å². The van der Waals surface area contributed by atoms with E-state index in [0.717, 1.165) is 5.56 Å². The molecule has 1 rings (SSSR count). The summed E-state index contributed by atoms with van der Waals surface area (Å²) in [5, 5.41) is 2.77. The Balaban J connectivity index is 2.70. The van der Waals surface area contributed by atoms with Gasteiger partial charge in [0, 0.05) is 33.0 Å². The number of benzene rings is 1. The van der Waals surface area contributed by atoms with Crippen molar-refractivity contribution in [3.05, 3.63) is 23.8 Å². The molecule has 0 saturated heterocycles. The third-order valence-corrected chi connectivity index (χ3v) is 3.29. The van der Waals surface area contributed by atoms with E-state index in [-0.39, 0.29) is 11.8 Å². The lowest BCUT2D eigenvalue weighted by Crippen LogP contribution is -2.36. The van der Waals surface area contributed by atoms with Crippen LogP contribution in [0.2, 0.25) is 0 Å². The zero-order valence-corrected chi connectivity index (χ0v) is 13.6. The quantitative estimate of drug-likeness (QED) is 0.792. The maximum atomic E-state index is 11.7. The van der Waals surface area contributed by atoms with Crippen LogP contribution in [0.3, 0.4) is 0 Å². The molecule has 0 atom stereocenters. The predicted molar refractivity (Wildman–Crippen MR) is 83.9 cm³/mol. The molecule has 1 aromatic rings. The second-order valence-corrected chi connectivity index (χ2v) is 4.83. The van der Waals surface area contributed by atoms with Crippen LogP contribution in [0, 0.1) is 0 Å². The van der Waals surface area contributed by atoms with Crippen molar-refractivity contribution in [2.24, 2.45) is 0 Å². The molecule has 0 radical (unpaired) electrons. The average Bonchev–Trinajstić information content (AvgIpc) is 2.53. The van der Waals surface area contributed by atoms with Gasteiger partial charge < -0.3 is 19.7 Å². The van der Waals surface area contributed by atoms with Crippen LogP contribution < -0.4 is 14.8 Å². The van der Waals surface area contributed by atoms with Crippen molar-refractivity contribution in [2.45, 2.75) is 26.8 Å². The normalized spacial score (nSPS) is 10.0. The molecule has 0 saturated carbocycles. The summed E-state index contributed by atoms with van der Waals surface area (Å²) in [7, 11) is 3.15. The number of nitrogens with zero attached hydrogens (tertiary/aromatic N) is 1. The fourth-order valence-corrected chi connectivity index (χ4v) is 2.00. The van der Waals surface area contributed by atoms with Crippen LogP contribution in [-0.2, 0) is 16.1 Å². The van der Waals surface area contributed by atoms with Crippen molar-refractivity contribution < 1.29 is 19.1 Å². The lowest BCUT2D eigenvalue weighted by atomic mass is 10.2. The number of hydrogen-bond donors (Lipinski definition) is 1. The van der Waals surface area contributed by atoms with E-state index in [4.69, 9.17) is 9.47 Å². The lowest BCUT2D eigenvalue weighted by Gasteiger charge is -2.22. The van der Waals surface area contributed by atoms with E-state index in [2.05, 4.69) is 5.32 Å². The van der Waals surface area contributed by atoms with E-state index in [9.17, 15) is 9.59 Å². The minimum absolute atomic E-state index is 0.0189. The third kappa shape index (κ3) is 5.27. The molecule has 0 unspecified atom stereocenters. The number of amides is 2. The topological polar surface area (TPSA) is 67.9 Å². The zero-order valence-electron chi connectivity index (χ0n) is 13.6. The van der Waals surface area contributed by atoms with E-state index in [0.29, 0.717) is 37.6 Å². The predicted octanol–water partition coefficient (Wildman–Crippen LogP) is 1.58. The van der Waals surface area contributed by atoms with Crippen molar-refractivity contribution in [3.63, 3.8) is 0 Å². The summed E-state index contributed by atoms with van der Waals surface area (Å²) in [5.74, 6) is 1.22. The third-order valence-electron chi connectivity index (χ3n) is 3.29. The fourth-order valence-electron chi connectivity index (χ4n) is 2.00. The minimum atomic E-state index is -0.0412. The molecule has 1 N–H and O–H groups in total. The highest BCUT2D eigenvalue weighted by molar-refractivity contribution is 5.76. The molecule has 0 aromatic heterocycles. The van der Waals surface area contributed by atoms with Crippen molar-refractivity contribution >= 4 is 11.8 Å². The molecule has 1 aromatic carbocycles. The molecule has 122 valence electrons. The molecule has 0 fully saturated rings. The summed E-state index contributed by atoms with van der Waals surface area (Å²) >= 11 is 0. The van der Waals surface area contributed by atoms with Crippen LogP contribution in [0.5, 0.6) is 11.5 Å². The standard InChI is InChI=1S/C16H24N2O4/c1-5-16(20)17-8-9-18(12(2)19)11-13-6-7-14(21-3)15(10-13)22-4/h6-7,10H,5,8-9,11H2,1-4H3,(H,17,20). The summed E-state index contributed by atoms with van der Waals surface area (Å²) in [6.07, 6.45) is 0.440. The highest BCUT2D eigenvalue weighted by Crippen LogP contribution is 2.27. The molecular weight excluding hydrogens is 284 g/mol. The van der Waals surface area contributed by atoms with E-state index < -0.39 is 0 Å². The van der Waals surface area contributed by atoms with Gasteiger partial charge in [0.15, 0.2) is 11.5 Å². The Morgan fingerprint density at radius 1 is 1.18 bits per heavy atom. The molecule has 6 heteroatoms. The van der Waals surface area contributed by atoms with Gasteiger partial charge in [-0.3, -0.25) is 9.59 Å². The summed E-state index contributed by atoms with van der Waals surface area (Å²) in [5.41, 5.74) is 0.940. The van der Waals surface area contributed by atoms with Gasteiger partial charge in [-0.1, -0.05) is 13.0 Å². The molecule has 0 heterocycles. The summed E-state index contributed by atoms with van der Waals surface area (Å²) < 4.78 is 10.5. The number of carbonyl (C=O) groups is 2. The smallest absolute Gasteiger partial charge is 0.219 e. The number of hydrogen-bond acceptors (Lipinski definition) is 4. The highest BCUT2D eigenvalue weighted by Gasteiger charge is 2.12. The second-order valence-electron chi connectivity index (χ2n) is 4.83. The number of rotatable bonds is 8. The van der Waals surface area contributed by atoms with Gasteiger partial charge in [0.1, 0.15) is 0 Å². The Morgan fingerprint density at radius 2 is 1.86 bits per heavy atom. The van der Waals surface area contributed by atoms with Crippen LogP contribution in [-0.4, -0.2) is 44.0 Å². The number of nitrogens with one attached hydrogen (secondary N) is 1. The van der Waals surface area contributed by atoms with Crippen LogP contribution in [0.4, 0.5) is 0 Å². The van der Waals surface area contributed by atoms with Crippen molar-refractivity contribution in [1.82, 2.24) is 10.2 Å². The second kappa shape index (κ2) is 8.92. The maximum Gasteiger partial charge on any atom is 0.219 e. The Kier molecular flexibility index (Phi) is 7.22. The lowest BCUT2D eigenvalue weighted by molar-refractivity contribution is -0.130. The van der Waals surface area contributed by atoms with Gasteiger partial charge in [0.05, 0.1) is 14.2 Å². The van der Waals surface area contributed by atoms with E-state index in [1.54, 1.807) is 26.0 Å². The minimum Gasteiger partial charge on any atom is -0.493 e. The summed E-state index contributed by atoms with van der Waals surface area (Å²) in [6, 6.07) is 5.55. The zero-order chi connectivity index (χ0) is 16.5. The van der Waals surface area contributed by atoms with Gasteiger partial charge in [-0.05, 0) is 17.7 Å². The summed E-state index contributed by atoms with van der Waals surface area (Å²) in [4.78, 5) is 24.6. The summed E-state index contributed by atoms with van der Waals surface area (Å²) in [6.45, 7) is 4.68. The first kappa shape index (κ1) is 17.8. The number of carbonyl (C=O) groups excluding carboxylic acids is 2. The van der Waals surface area contributed by atoms with Gasteiger partial charge in [-0.2, -0.15) is 0 Å². The van der Waals surface area contributed by atoms with E-state index >= 15 is 0 Å². The number of ether oxygens (including phenoxy) is 2. The Bertz CT molecular complexity index is 517. The maximum absolute atomic E-state index is 11.7. The first-order valence-electron chi connectivity index (χ1n) is 7.24. The van der Waals surface area contributed by atoms with Gasteiger partial charge >= 0.3 is 0 Å². The molecule has 0 spiro atoms. The van der Waals surface area contributed by atoms with Gasteiger partial charge in [-0.15, -0.1) is 0 Å². The van der Waals surface area contributed by atoms with Crippen LogP contribution >= 0.6 is 0 Å². The molecule has 0 aliphatic carbocycles. The Morgan fingerprint density at radius 3 is 2.41 bits per heavy atom. The molecular formula is C16H24N2O4. The van der Waals surface area contributed by atoms with Crippen molar-refractivity contribution in [2.75, 3.05) is 27.3 Å². The van der Waals surface area contributed by atoms with Crippen molar-refractivity contribution in [1.29, 1.82) is 0 Å². The largest absolute Gasteiger partial charge is 0.493 e. The van der Waals surface area contributed by atoms with E-state index in [1.807, 2.05) is 18.2 Å². The van der Waals surface area contributed by atoms with Crippen molar-refractivity contribution in [3.8, 4) is 11.5 Å². The SMILES string of the molecule is CCC(=O)NCCN(Cc1ccc(OC)c(OC)c1)C(C)=O. The molecule has 6 nitrogen and oxygen atoms in total. The fraction of sp³-hybridized carbons (Fsp3) is 0.500. The molecule has 22 heavy (non-hydrogen) atoms. The van der Waals surface area contributed by atoms with Gasteiger partial charge in [0.2, 0.25) is 11.8 Å². The average molecular weight is 308 g/mol. The van der Waals surface area contributed by atoms with Gasteiger partial charge in [0.25, 0.3) is 0 Å². The van der Waals surface area contributed by atoms with E-state index in [1.165, 1.54) is 6.92 Å². The molecule has 0 bridgehead atoms. The first-order valence-corrected chi connectivity index (χ1v) is 7.24. The van der Waals surface area contributed by atoms with Crippen LogP contribution in [0.15, 0.2) is 18.2 Å². The first-order chi connectivity index (χ1) is 10.5. The monoisotopic (exact) mass is 308 g/mol. The Hall–Kier alpha value is -2.24. The molecule has 0 aliphatic rings. The number of methoxy groups -OCH3 is 2. The van der Waals surface area contributed by atoms with Gasteiger partial charge in [-0.25, -0.2) is 0 Å².